The molecule has 1 N–H and O–H groups in total. The van der Waals surface area contributed by atoms with Crippen LogP contribution in [0.5, 0.6) is 0 Å². The van der Waals surface area contributed by atoms with Gasteiger partial charge in [-0.2, -0.15) is 0 Å². The first-order valence-corrected chi connectivity index (χ1v) is 13.6. The number of rotatable bonds is 9. The van der Waals surface area contributed by atoms with Gasteiger partial charge in [-0.3, -0.25) is 14.4 Å². The van der Waals surface area contributed by atoms with Gasteiger partial charge in [0.2, 0.25) is 11.8 Å². The molecular formula is C30H33Cl2N3O3. The number of nitrogens with zero attached hydrogens (tertiary/aromatic N) is 2. The molecule has 0 fully saturated rings. The second kappa shape index (κ2) is 11.3. The molecule has 1 atom stereocenters. The van der Waals surface area contributed by atoms with Crippen molar-refractivity contribution in [2.45, 2.75) is 65.1 Å². The quantitative estimate of drug-likeness (QED) is 0.324. The molecule has 3 aromatic rings. The zero-order valence-electron chi connectivity index (χ0n) is 22.2. The van der Waals surface area contributed by atoms with Gasteiger partial charge in [-0.05, 0) is 68.8 Å². The first-order chi connectivity index (χ1) is 18.0. The summed E-state index contributed by atoms with van der Waals surface area (Å²) in [6, 6.07) is 16.2. The minimum atomic E-state index is -0.650. The van der Waals surface area contributed by atoms with Crippen molar-refractivity contribution in [3.05, 3.63) is 75.8 Å². The zero-order chi connectivity index (χ0) is 27.6. The van der Waals surface area contributed by atoms with Crippen LogP contribution < -0.4 is 10.2 Å². The fourth-order valence-electron chi connectivity index (χ4n) is 4.94. The van der Waals surface area contributed by atoms with Crippen LogP contribution in [0.2, 0.25) is 10.0 Å². The van der Waals surface area contributed by atoms with Crippen LogP contribution in [-0.4, -0.2) is 40.7 Å². The van der Waals surface area contributed by atoms with Crippen LogP contribution >= 0.6 is 23.2 Å². The van der Waals surface area contributed by atoms with E-state index in [0.717, 1.165) is 22.0 Å². The Bertz CT molecular complexity index is 1380. The second-order valence-corrected chi connectivity index (χ2v) is 11.5. The molecule has 0 unspecified atom stereocenters. The van der Waals surface area contributed by atoms with E-state index in [1.54, 1.807) is 21.9 Å². The van der Waals surface area contributed by atoms with Gasteiger partial charge in [0, 0.05) is 36.0 Å². The molecule has 8 heteroatoms. The number of hydrogen-bond donors (Lipinski definition) is 1. The third-order valence-electron chi connectivity index (χ3n) is 6.64. The maximum Gasteiger partial charge on any atom is 0.258 e. The third-order valence-corrected chi connectivity index (χ3v) is 7.38. The van der Waals surface area contributed by atoms with E-state index in [4.69, 9.17) is 23.2 Å². The predicted molar refractivity (Wildman–Crippen MR) is 154 cm³/mol. The highest BCUT2D eigenvalue weighted by molar-refractivity contribution is 6.42. The van der Waals surface area contributed by atoms with Gasteiger partial charge in [0.1, 0.15) is 6.04 Å². The molecule has 0 bridgehead atoms. The molecule has 6 nitrogen and oxygen atoms in total. The summed E-state index contributed by atoms with van der Waals surface area (Å²) in [7, 11) is 0. The Morgan fingerprint density at radius 3 is 2.39 bits per heavy atom. The smallest absolute Gasteiger partial charge is 0.258 e. The summed E-state index contributed by atoms with van der Waals surface area (Å²) >= 11 is 12.3. The Kier molecular flexibility index (Phi) is 8.34. The molecule has 0 radical (unpaired) electrons. The van der Waals surface area contributed by atoms with Gasteiger partial charge < -0.3 is 15.1 Å². The lowest BCUT2D eigenvalue weighted by Gasteiger charge is -2.33. The number of benzene rings is 3. The number of nitrogens with one attached hydrogen (secondary N) is 1. The van der Waals surface area contributed by atoms with Crippen molar-refractivity contribution < 1.29 is 14.4 Å². The highest BCUT2D eigenvalue weighted by Gasteiger charge is 2.32. The van der Waals surface area contributed by atoms with E-state index < -0.39 is 11.6 Å². The van der Waals surface area contributed by atoms with Crippen molar-refractivity contribution in [3.63, 3.8) is 0 Å². The Hall–Kier alpha value is -3.09. The lowest BCUT2D eigenvalue weighted by Crippen LogP contribution is -2.53. The lowest BCUT2D eigenvalue weighted by atomic mass is 10.0. The van der Waals surface area contributed by atoms with Gasteiger partial charge in [0.25, 0.3) is 5.91 Å². The number of halogens is 2. The van der Waals surface area contributed by atoms with Gasteiger partial charge >= 0.3 is 0 Å². The van der Waals surface area contributed by atoms with Gasteiger partial charge in [-0.1, -0.05) is 60.5 Å². The van der Waals surface area contributed by atoms with Crippen LogP contribution in [-0.2, 0) is 16.1 Å². The molecule has 38 heavy (non-hydrogen) atoms. The standard InChI is InChI=1S/C30H33Cl2N3O3/c1-5-24(28(37)33-30(2,3)4)35(18-19-14-15-22(31)23(32)17-19)26(36)13-8-16-34-25-12-7-10-20-9-6-11-21(27(20)25)29(34)38/h6-7,9-12,14-15,17,24H,5,8,13,16,18H2,1-4H3,(H,33,37)/t24-/m0/s1. The van der Waals surface area contributed by atoms with Gasteiger partial charge in [0.15, 0.2) is 0 Å². The van der Waals surface area contributed by atoms with Crippen LogP contribution in [0.4, 0.5) is 5.69 Å². The second-order valence-electron chi connectivity index (χ2n) is 10.7. The number of carbonyl (C=O) groups excluding carboxylic acids is 3. The lowest BCUT2D eigenvalue weighted by molar-refractivity contribution is -0.142. The Labute approximate surface area is 233 Å². The maximum absolute atomic E-state index is 13.6. The van der Waals surface area contributed by atoms with Crippen molar-refractivity contribution in [2.24, 2.45) is 0 Å². The highest BCUT2D eigenvalue weighted by Crippen LogP contribution is 2.37. The van der Waals surface area contributed by atoms with E-state index in [9.17, 15) is 14.4 Å². The summed E-state index contributed by atoms with van der Waals surface area (Å²) < 4.78 is 0. The molecule has 3 amide bonds. The SMILES string of the molecule is CC[C@@H](C(=O)NC(C)(C)C)N(Cc1ccc(Cl)c(Cl)c1)C(=O)CCCN1C(=O)c2cccc3cccc1c23. The Morgan fingerprint density at radius 2 is 1.74 bits per heavy atom. The van der Waals surface area contributed by atoms with Gasteiger partial charge in [-0.25, -0.2) is 0 Å². The molecule has 0 aliphatic carbocycles. The van der Waals surface area contributed by atoms with Gasteiger partial charge in [0.05, 0.1) is 15.7 Å². The minimum absolute atomic E-state index is 0.0482. The summed E-state index contributed by atoms with van der Waals surface area (Å²) in [6.07, 6.45) is 1.11. The zero-order valence-corrected chi connectivity index (χ0v) is 23.7. The van der Waals surface area contributed by atoms with Gasteiger partial charge in [-0.15, -0.1) is 0 Å². The fourth-order valence-corrected chi connectivity index (χ4v) is 5.26. The maximum atomic E-state index is 13.6. The van der Waals surface area contributed by atoms with Crippen LogP contribution in [0, 0.1) is 0 Å². The van der Waals surface area contributed by atoms with Crippen LogP contribution in [0.1, 0.15) is 62.9 Å². The van der Waals surface area contributed by atoms with Crippen LogP contribution in [0.15, 0.2) is 54.6 Å². The van der Waals surface area contributed by atoms with Crippen molar-refractivity contribution in [2.75, 3.05) is 11.4 Å². The van der Waals surface area contributed by atoms with Crippen LogP contribution in [0.25, 0.3) is 10.8 Å². The molecule has 1 aliphatic rings. The van der Waals surface area contributed by atoms with E-state index in [2.05, 4.69) is 5.32 Å². The molecular weight excluding hydrogens is 521 g/mol. The molecule has 1 heterocycles. The first kappa shape index (κ1) is 27.9. The molecule has 0 saturated heterocycles. The number of hydrogen-bond acceptors (Lipinski definition) is 3. The first-order valence-electron chi connectivity index (χ1n) is 12.9. The molecule has 0 saturated carbocycles. The number of amides is 3. The molecule has 200 valence electrons. The fraction of sp³-hybridized carbons (Fsp3) is 0.367. The van der Waals surface area contributed by atoms with Crippen molar-refractivity contribution in [1.29, 1.82) is 0 Å². The van der Waals surface area contributed by atoms with E-state index in [-0.39, 0.29) is 30.7 Å². The molecule has 0 spiro atoms. The van der Waals surface area contributed by atoms with Crippen LogP contribution in [0.3, 0.4) is 0 Å². The van der Waals surface area contributed by atoms with Crippen molar-refractivity contribution in [3.8, 4) is 0 Å². The summed E-state index contributed by atoms with van der Waals surface area (Å²) in [6.45, 7) is 8.25. The van der Waals surface area contributed by atoms with E-state index in [1.165, 1.54) is 0 Å². The molecule has 3 aromatic carbocycles. The number of carbonyl (C=O) groups is 3. The van der Waals surface area contributed by atoms with E-state index >= 15 is 0 Å². The summed E-state index contributed by atoms with van der Waals surface area (Å²) in [5, 5.41) is 5.81. The van der Waals surface area contributed by atoms with E-state index in [0.29, 0.717) is 35.0 Å². The molecule has 1 aliphatic heterocycles. The Balaban J connectivity index is 1.51. The highest BCUT2D eigenvalue weighted by atomic mass is 35.5. The minimum Gasteiger partial charge on any atom is -0.350 e. The monoisotopic (exact) mass is 553 g/mol. The topological polar surface area (TPSA) is 69.7 Å². The molecule has 0 aromatic heterocycles. The van der Waals surface area contributed by atoms with Crippen molar-refractivity contribution in [1.82, 2.24) is 10.2 Å². The average Bonchev–Trinajstić information content (AvgIpc) is 3.13. The molecule has 4 rings (SSSR count). The normalized spacial score (nSPS) is 13.6. The Morgan fingerprint density at radius 1 is 1.03 bits per heavy atom. The largest absolute Gasteiger partial charge is 0.350 e. The predicted octanol–water partition coefficient (Wildman–Crippen LogP) is 6.61. The summed E-state index contributed by atoms with van der Waals surface area (Å²) in [5.41, 5.74) is 1.91. The summed E-state index contributed by atoms with van der Waals surface area (Å²) in [5.74, 6) is -0.410. The average molecular weight is 555 g/mol. The van der Waals surface area contributed by atoms with E-state index in [1.807, 2.05) is 70.2 Å². The number of anilines is 1. The third kappa shape index (κ3) is 5.97. The van der Waals surface area contributed by atoms with Crippen molar-refractivity contribution >= 4 is 57.4 Å². The summed E-state index contributed by atoms with van der Waals surface area (Å²) in [4.78, 5) is 43.3.